The van der Waals surface area contributed by atoms with Gasteiger partial charge in [-0.15, -0.1) is 0 Å². The first-order chi connectivity index (χ1) is 9.79. The van der Waals surface area contributed by atoms with E-state index in [-0.39, 0.29) is 0 Å². The van der Waals surface area contributed by atoms with Gasteiger partial charge in [-0.25, -0.2) is 0 Å². The Labute approximate surface area is 117 Å². The van der Waals surface area contributed by atoms with Crippen LogP contribution in [0.25, 0.3) is 5.65 Å². The van der Waals surface area contributed by atoms with Crippen molar-refractivity contribution in [1.29, 1.82) is 0 Å². The Morgan fingerprint density at radius 2 is 2.15 bits per heavy atom. The second kappa shape index (κ2) is 5.30. The minimum absolute atomic E-state index is 0.613. The van der Waals surface area contributed by atoms with Crippen LogP contribution in [-0.4, -0.2) is 21.4 Å². The average Bonchev–Trinajstić information content (AvgIpc) is 2.80. The van der Waals surface area contributed by atoms with Crippen LogP contribution in [0, 0.1) is 6.92 Å². The van der Waals surface area contributed by atoms with Gasteiger partial charge in [-0.05, 0) is 38.2 Å². The summed E-state index contributed by atoms with van der Waals surface area (Å²) in [6.45, 7) is 2.60. The summed E-state index contributed by atoms with van der Waals surface area (Å²) < 4.78 is 7.97. The maximum absolute atomic E-state index is 5.94. The molecule has 0 radical (unpaired) electrons. The highest BCUT2D eigenvalue weighted by atomic mass is 16.5. The zero-order valence-electron chi connectivity index (χ0n) is 11.5. The van der Waals surface area contributed by atoms with Crippen molar-refractivity contribution in [2.24, 2.45) is 0 Å². The summed E-state index contributed by atoms with van der Waals surface area (Å²) in [5.41, 5.74) is 2.71. The molecule has 0 aliphatic carbocycles. The molecule has 0 saturated carbocycles. The van der Waals surface area contributed by atoms with Crippen LogP contribution in [0.15, 0.2) is 42.7 Å². The van der Waals surface area contributed by atoms with Crippen LogP contribution in [0.4, 0.5) is 0 Å². The Hall–Kier alpha value is -2.40. The Kier molecular flexibility index (Phi) is 3.35. The first kappa shape index (κ1) is 12.6. The predicted octanol–water partition coefficient (Wildman–Crippen LogP) is 2.55. The molecule has 5 nitrogen and oxygen atoms in total. The van der Waals surface area contributed by atoms with Gasteiger partial charge in [-0.1, -0.05) is 6.07 Å². The second-order valence-corrected chi connectivity index (χ2v) is 4.51. The van der Waals surface area contributed by atoms with Crippen LogP contribution >= 0.6 is 0 Å². The molecular formula is C15H16N4O. The number of aromatic nitrogens is 3. The molecule has 102 valence electrons. The average molecular weight is 268 g/mol. The molecule has 20 heavy (non-hydrogen) atoms. The van der Waals surface area contributed by atoms with E-state index >= 15 is 0 Å². The van der Waals surface area contributed by atoms with Gasteiger partial charge in [-0.3, -0.25) is 9.38 Å². The van der Waals surface area contributed by atoms with Crippen molar-refractivity contribution >= 4 is 5.65 Å². The number of hydrogen-bond donors (Lipinski definition) is 1. The molecule has 3 aromatic rings. The number of rotatable bonds is 4. The van der Waals surface area contributed by atoms with Gasteiger partial charge in [0.2, 0.25) is 5.88 Å². The first-order valence-electron chi connectivity index (χ1n) is 6.49. The summed E-state index contributed by atoms with van der Waals surface area (Å²) in [7, 11) is 1.90. The number of hydrogen-bond acceptors (Lipinski definition) is 4. The van der Waals surface area contributed by atoms with Gasteiger partial charge in [0.05, 0.1) is 5.69 Å². The Balaban J connectivity index is 2.06. The standard InChI is InChI=1S/C15H16N4O/c1-11-13(6-5-8-17-11)20-15-12(10-16-2)19-9-4-3-7-14(19)18-15/h3-9,16H,10H2,1-2H3. The zero-order valence-corrected chi connectivity index (χ0v) is 11.5. The van der Waals surface area contributed by atoms with Crippen LogP contribution < -0.4 is 10.1 Å². The molecule has 0 atom stereocenters. The number of aryl methyl sites for hydroxylation is 1. The molecule has 3 aromatic heterocycles. The quantitative estimate of drug-likeness (QED) is 0.790. The van der Waals surface area contributed by atoms with Crippen LogP contribution in [0.1, 0.15) is 11.4 Å². The molecule has 3 rings (SSSR count). The number of imidazole rings is 1. The molecule has 0 saturated heterocycles. The van der Waals surface area contributed by atoms with Crippen molar-refractivity contribution in [3.63, 3.8) is 0 Å². The number of fused-ring (bicyclic) bond motifs is 1. The van der Waals surface area contributed by atoms with E-state index in [1.807, 2.05) is 54.9 Å². The summed E-state index contributed by atoms with van der Waals surface area (Å²) in [5.74, 6) is 1.34. The fourth-order valence-corrected chi connectivity index (χ4v) is 2.12. The van der Waals surface area contributed by atoms with Crippen molar-refractivity contribution in [3.05, 3.63) is 54.1 Å². The molecule has 0 unspecified atom stereocenters. The van der Waals surface area contributed by atoms with E-state index in [9.17, 15) is 0 Å². The van der Waals surface area contributed by atoms with Crippen molar-refractivity contribution in [2.75, 3.05) is 7.05 Å². The zero-order chi connectivity index (χ0) is 13.9. The lowest BCUT2D eigenvalue weighted by Crippen LogP contribution is -2.08. The highest BCUT2D eigenvalue weighted by Crippen LogP contribution is 2.27. The lowest BCUT2D eigenvalue weighted by Gasteiger charge is -2.07. The molecule has 0 fully saturated rings. The highest BCUT2D eigenvalue weighted by Gasteiger charge is 2.14. The van der Waals surface area contributed by atoms with E-state index in [2.05, 4.69) is 15.3 Å². The fourth-order valence-electron chi connectivity index (χ4n) is 2.12. The Bertz CT molecular complexity index is 736. The topological polar surface area (TPSA) is 51.5 Å². The molecule has 0 aliphatic rings. The molecule has 0 amide bonds. The Morgan fingerprint density at radius 1 is 1.25 bits per heavy atom. The molecular weight excluding hydrogens is 252 g/mol. The minimum atomic E-state index is 0.613. The summed E-state index contributed by atoms with van der Waals surface area (Å²) in [4.78, 5) is 8.77. The predicted molar refractivity (Wildman–Crippen MR) is 77.0 cm³/mol. The van der Waals surface area contributed by atoms with E-state index in [1.165, 1.54) is 0 Å². The SMILES string of the molecule is CNCc1c(Oc2cccnc2C)nc2ccccn12. The molecule has 0 aliphatic heterocycles. The molecule has 1 N–H and O–H groups in total. The summed E-state index contributed by atoms with van der Waals surface area (Å²) >= 11 is 0. The van der Waals surface area contributed by atoms with Gasteiger partial charge < -0.3 is 10.1 Å². The maximum atomic E-state index is 5.94. The molecule has 0 bridgehead atoms. The summed E-state index contributed by atoms with van der Waals surface area (Å²) in [5, 5.41) is 3.15. The smallest absolute Gasteiger partial charge is 0.242 e. The van der Waals surface area contributed by atoms with Gasteiger partial charge in [0.25, 0.3) is 0 Å². The third kappa shape index (κ3) is 2.23. The van der Waals surface area contributed by atoms with Gasteiger partial charge in [0, 0.05) is 18.9 Å². The van der Waals surface area contributed by atoms with E-state index in [1.54, 1.807) is 6.20 Å². The molecule has 0 aromatic carbocycles. The van der Waals surface area contributed by atoms with Gasteiger partial charge in [-0.2, -0.15) is 4.98 Å². The van der Waals surface area contributed by atoms with E-state index < -0.39 is 0 Å². The second-order valence-electron chi connectivity index (χ2n) is 4.51. The molecule has 3 heterocycles. The normalized spacial score (nSPS) is 10.9. The Morgan fingerprint density at radius 3 is 2.95 bits per heavy atom. The number of ether oxygens (including phenoxy) is 1. The maximum Gasteiger partial charge on any atom is 0.242 e. The summed E-state index contributed by atoms with van der Waals surface area (Å²) in [6, 6.07) is 9.66. The van der Waals surface area contributed by atoms with Gasteiger partial charge >= 0.3 is 0 Å². The molecule has 0 spiro atoms. The van der Waals surface area contributed by atoms with Crippen molar-refractivity contribution in [1.82, 2.24) is 19.7 Å². The van der Waals surface area contributed by atoms with Crippen molar-refractivity contribution in [3.8, 4) is 11.6 Å². The number of nitrogens with zero attached hydrogens (tertiary/aromatic N) is 3. The van der Waals surface area contributed by atoms with Crippen molar-refractivity contribution < 1.29 is 4.74 Å². The van der Waals surface area contributed by atoms with E-state index in [4.69, 9.17) is 4.74 Å². The van der Waals surface area contributed by atoms with Crippen molar-refractivity contribution in [2.45, 2.75) is 13.5 Å². The fraction of sp³-hybridized carbons (Fsp3) is 0.200. The lowest BCUT2D eigenvalue weighted by molar-refractivity contribution is 0.451. The molecule has 5 heteroatoms. The van der Waals surface area contributed by atoms with Crippen LogP contribution in [0.3, 0.4) is 0 Å². The first-order valence-corrected chi connectivity index (χ1v) is 6.49. The van der Waals surface area contributed by atoms with Crippen LogP contribution in [0.5, 0.6) is 11.6 Å². The van der Waals surface area contributed by atoms with Gasteiger partial charge in [0.1, 0.15) is 11.3 Å². The third-order valence-corrected chi connectivity index (χ3v) is 3.10. The summed E-state index contributed by atoms with van der Waals surface area (Å²) in [6.07, 6.45) is 3.73. The van der Waals surface area contributed by atoms with E-state index in [0.29, 0.717) is 12.4 Å². The third-order valence-electron chi connectivity index (χ3n) is 3.10. The highest BCUT2D eigenvalue weighted by molar-refractivity contribution is 5.47. The largest absolute Gasteiger partial charge is 0.435 e. The number of pyridine rings is 2. The van der Waals surface area contributed by atoms with Crippen LogP contribution in [-0.2, 0) is 6.54 Å². The monoisotopic (exact) mass is 268 g/mol. The number of nitrogens with one attached hydrogen (secondary N) is 1. The lowest BCUT2D eigenvalue weighted by atomic mass is 10.3. The minimum Gasteiger partial charge on any atom is -0.435 e. The van der Waals surface area contributed by atoms with Crippen LogP contribution in [0.2, 0.25) is 0 Å². The van der Waals surface area contributed by atoms with Gasteiger partial charge in [0.15, 0.2) is 5.75 Å². The van der Waals surface area contributed by atoms with E-state index in [0.717, 1.165) is 22.8 Å².